The van der Waals surface area contributed by atoms with Crippen LogP contribution in [0.3, 0.4) is 0 Å². The minimum absolute atomic E-state index is 0.0103. The number of ketones is 1. The molecule has 0 aliphatic carbocycles. The predicted octanol–water partition coefficient (Wildman–Crippen LogP) is 2.65. The van der Waals surface area contributed by atoms with Gasteiger partial charge in [0.25, 0.3) is 17.5 Å². The molecule has 1 fully saturated rings. The number of epoxide rings is 1. The molecule has 4 rings (SSSR count). The van der Waals surface area contributed by atoms with Gasteiger partial charge in [0, 0.05) is 29.8 Å². The summed E-state index contributed by atoms with van der Waals surface area (Å²) < 4.78 is 5.21. The van der Waals surface area contributed by atoms with Gasteiger partial charge < -0.3 is 25.8 Å². The molecule has 1 aliphatic rings. The van der Waals surface area contributed by atoms with Gasteiger partial charge in [-0.1, -0.05) is 62.4 Å². The van der Waals surface area contributed by atoms with E-state index in [-0.39, 0.29) is 42.3 Å². The smallest absolute Gasteiger partial charge is 0.270 e. The number of hydrogen-bond donors (Lipinski definition) is 4. The van der Waals surface area contributed by atoms with E-state index >= 15 is 0 Å². The van der Waals surface area contributed by atoms with Gasteiger partial charge in [-0.15, -0.1) is 0 Å². The minimum Gasteiger partial charge on any atom is -0.393 e. The second-order valence-electron chi connectivity index (χ2n) is 11.0. The van der Waals surface area contributed by atoms with Crippen molar-refractivity contribution in [3.8, 4) is 11.1 Å². The van der Waals surface area contributed by atoms with E-state index in [4.69, 9.17) is 4.74 Å². The zero-order valence-corrected chi connectivity index (χ0v) is 24.3. The number of benzene rings is 3. The molecule has 0 radical (unpaired) electrons. The quantitative estimate of drug-likeness (QED) is 0.123. The van der Waals surface area contributed by atoms with Crippen molar-refractivity contribution in [2.75, 3.05) is 19.8 Å². The van der Waals surface area contributed by atoms with Crippen molar-refractivity contribution in [3.05, 3.63) is 100 Å². The Hall–Kier alpha value is -4.94. The summed E-state index contributed by atoms with van der Waals surface area (Å²) in [5.74, 6) is -2.54. The molecule has 0 saturated carbocycles. The SMILES string of the molecule is CC(C)CC(NC(=O)[C@H](CNC(=O)c1cccc([N+](=O)[O-])c1)NC(=O)c1cccc(-c2ccccc2)c1)C(=O)C1(CO)CO1. The first-order valence-corrected chi connectivity index (χ1v) is 14.1. The fourth-order valence-electron chi connectivity index (χ4n) is 4.67. The highest BCUT2D eigenvalue weighted by molar-refractivity contribution is 6.01. The molecule has 0 spiro atoms. The van der Waals surface area contributed by atoms with Gasteiger partial charge in [-0.2, -0.15) is 0 Å². The third kappa shape index (κ3) is 7.91. The van der Waals surface area contributed by atoms with Crippen molar-refractivity contribution < 1.29 is 33.9 Å². The van der Waals surface area contributed by atoms with Gasteiger partial charge in [0.1, 0.15) is 6.04 Å². The van der Waals surface area contributed by atoms with Crippen molar-refractivity contribution in [2.24, 2.45) is 5.92 Å². The van der Waals surface area contributed by atoms with Crippen LogP contribution < -0.4 is 16.0 Å². The maximum atomic E-state index is 13.6. The van der Waals surface area contributed by atoms with Crippen molar-refractivity contribution in [3.63, 3.8) is 0 Å². The maximum Gasteiger partial charge on any atom is 0.270 e. The van der Waals surface area contributed by atoms with Gasteiger partial charge >= 0.3 is 0 Å². The number of hydrogen-bond acceptors (Lipinski definition) is 8. The van der Waals surface area contributed by atoms with Crippen LogP contribution in [0.4, 0.5) is 5.69 Å². The summed E-state index contributed by atoms with van der Waals surface area (Å²) in [5, 5.41) is 28.7. The van der Waals surface area contributed by atoms with Crippen LogP contribution in [0.25, 0.3) is 11.1 Å². The summed E-state index contributed by atoms with van der Waals surface area (Å²) >= 11 is 0. The molecule has 0 bridgehead atoms. The second-order valence-corrected chi connectivity index (χ2v) is 11.0. The molecule has 230 valence electrons. The number of non-ortho nitro benzene ring substituents is 1. The number of ether oxygens (including phenoxy) is 1. The number of Topliss-reactive ketones (excluding diaryl/α,β-unsaturated/α-hetero) is 1. The first kappa shape index (κ1) is 32.0. The average Bonchev–Trinajstić information content (AvgIpc) is 3.83. The highest BCUT2D eigenvalue weighted by Crippen LogP contribution is 2.30. The van der Waals surface area contributed by atoms with Gasteiger partial charge in [-0.3, -0.25) is 29.3 Å². The molecule has 0 aromatic heterocycles. The molecule has 1 saturated heterocycles. The van der Waals surface area contributed by atoms with Crippen LogP contribution in [0.15, 0.2) is 78.9 Å². The fourth-order valence-corrected chi connectivity index (χ4v) is 4.67. The van der Waals surface area contributed by atoms with Crippen LogP contribution in [0.1, 0.15) is 41.0 Å². The summed E-state index contributed by atoms with van der Waals surface area (Å²) in [6.07, 6.45) is 0.246. The number of aliphatic hydroxyl groups excluding tert-OH is 1. The van der Waals surface area contributed by atoms with Crippen LogP contribution in [0, 0.1) is 16.0 Å². The standard InChI is InChI=1S/C32H34N4O8/c1-20(2)14-26(28(38)32(18-37)19-44-32)34-31(41)27(17-33-29(39)24-12-7-13-25(16-24)36(42)43)35-30(40)23-11-6-10-22(15-23)21-8-4-3-5-9-21/h3-13,15-16,20,26-27,37H,14,17-19H2,1-2H3,(H,33,39)(H,34,41)(H,35,40)/t26?,27-,32?/m0/s1. The molecular weight excluding hydrogens is 568 g/mol. The summed E-state index contributed by atoms with van der Waals surface area (Å²) in [5.41, 5.74) is 0.252. The van der Waals surface area contributed by atoms with Crippen molar-refractivity contribution in [1.82, 2.24) is 16.0 Å². The zero-order chi connectivity index (χ0) is 31.9. The Bertz CT molecular complexity index is 1540. The molecule has 3 atom stereocenters. The largest absolute Gasteiger partial charge is 0.393 e. The van der Waals surface area contributed by atoms with E-state index in [1.807, 2.05) is 50.2 Å². The number of rotatable bonds is 14. The summed E-state index contributed by atoms with van der Waals surface area (Å²) in [7, 11) is 0. The van der Waals surface area contributed by atoms with E-state index in [1.54, 1.807) is 18.2 Å². The molecule has 4 N–H and O–H groups in total. The predicted molar refractivity (Wildman–Crippen MR) is 161 cm³/mol. The van der Waals surface area contributed by atoms with Crippen molar-refractivity contribution in [2.45, 2.75) is 38.0 Å². The van der Waals surface area contributed by atoms with E-state index in [2.05, 4.69) is 16.0 Å². The Morgan fingerprint density at radius 3 is 2.14 bits per heavy atom. The number of amides is 3. The van der Waals surface area contributed by atoms with E-state index in [0.717, 1.165) is 17.2 Å². The van der Waals surface area contributed by atoms with Crippen LogP contribution in [-0.4, -0.2) is 71.0 Å². The van der Waals surface area contributed by atoms with Crippen LogP contribution >= 0.6 is 0 Å². The van der Waals surface area contributed by atoms with Crippen LogP contribution in [0.5, 0.6) is 0 Å². The Kier molecular flexibility index (Phi) is 10.2. The molecule has 44 heavy (non-hydrogen) atoms. The average molecular weight is 603 g/mol. The maximum absolute atomic E-state index is 13.6. The molecule has 1 heterocycles. The lowest BCUT2D eigenvalue weighted by Gasteiger charge is -2.25. The Morgan fingerprint density at radius 2 is 1.52 bits per heavy atom. The zero-order valence-electron chi connectivity index (χ0n) is 24.3. The highest BCUT2D eigenvalue weighted by atomic mass is 16.6. The summed E-state index contributed by atoms with van der Waals surface area (Å²) in [4.78, 5) is 63.6. The van der Waals surface area contributed by atoms with E-state index < -0.39 is 52.7 Å². The first-order chi connectivity index (χ1) is 21.0. The molecule has 3 aromatic rings. The van der Waals surface area contributed by atoms with Crippen LogP contribution in [-0.2, 0) is 14.3 Å². The van der Waals surface area contributed by atoms with E-state index in [0.29, 0.717) is 0 Å². The normalized spacial score (nSPS) is 16.8. The Balaban J connectivity index is 1.56. The van der Waals surface area contributed by atoms with Crippen LogP contribution in [0.2, 0.25) is 0 Å². The van der Waals surface area contributed by atoms with Crippen molar-refractivity contribution in [1.29, 1.82) is 0 Å². The molecule has 12 heteroatoms. The number of carbonyl (C=O) groups excluding carboxylic acids is 4. The molecular formula is C32H34N4O8. The monoisotopic (exact) mass is 602 g/mol. The molecule has 3 aromatic carbocycles. The lowest BCUT2D eigenvalue weighted by atomic mass is 9.92. The van der Waals surface area contributed by atoms with E-state index in [9.17, 15) is 34.4 Å². The van der Waals surface area contributed by atoms with Gasteiger partial charge in [-0.05, 0) is 41.7 Å². The lowest BCUT2D eigenvalue weighted by molar-refractivity contribution is -0.384. The van der Waals surface area contributed by atoms with Gasteiger partial charge in [-0.25, -0.2) is 0 Å². The number of nitro benzene ring substituents is 1. The summed E-state index contributed by atoms with van der Waals surface area (Å²) in [6, 6.07) is 18.9. The summed E-state index contributed by atoms with van der Waals surface area (Å²) in [6.45, 7) is 2.84. The van der Waals surface area contributed by atoms with Crippen molar-refractivity contribution >= 4 is 29.2 Å². The Morgan fingerprint density at radius 1 is 0.886 bits per heavy atom. The molecule has 3 amide bonds. The van der Waals surface area contributed by atoms with Gasteiger partial charge in [0.2, 0.25) is 5.91 Å². The number of nitrogens with zero attached hydrogens (tertiary/aromatic N) is 1. The number of nitro groups is 1. The van der Waals surface area contributed by atoms with Gasteiger partial charge in [0.05, 0.1) is 24.2 Å². The van der Waals surface area contributed by atoms with E-state index in [1.165, 1.54) is 18.2 Å². The fraction of sp³-hybridized carbons (Fsp3) is 0.312. The number of aliphatic hydroxyl groups is 1. The molecule has 1 aliphatic heterocycles. The highest BCUT2D eigenvalue weighted by Gasteiger charge is 2.54. The van der Waals surface area contributed by atoms with Gasteiger partial charge in [0.15, 0.2) is 11.4 Å². The first-order valence-electron chi connectivity index (χ1n) is 14.1. The lowest BCUT2D eigenvalue weighted by Crippen LogP contribution is -2.57. The topological polar surface area (TPSA) is 180 Å². The third-order valence-corrected chi connectivity index (χ3v) is 7.18. The number of nitrogens with one attached hydrogen (secondary N) is 3. The Labute approximate surface area is 254 Å². The second kappa shape index (κ2) is 14.0. The third-order valence-electron chi connectivity index (χ3n) is 7.18. The minimum atomic E-state index is -1.38. The number of carbonyl (C=O) groups is 4. The molecule has 12 nitrogen and oxygen atoms in total. The molecule has 2 unspecified atom stereocenters.